The van der Waals surface area contributed by atoms with Crippen LogP contribution in [0.15, 0.2) is 46.9 Å². The van der Waals surface area contributed by atoms with Crippen LogP contribution in [0.3, 0.4) is 0 Å². The van der Waals surface area contributed by atoms with Crippen LogP contribution >= 0.6 is 15.9 Å². The third-order valence-corrected chi connectivity index (χ3v) is 3.65. The van der Waals surface area contributed by atoms with E-state index in [-0.39, 0.29) is 11.7 Å². The maximum absolute atomic E-state index is 12.7. The summed E-state index contributed by atoms with van der Waals surface area (Å²) in [5, 5.41) is 2.80. The van der Waals surface area contributed by atoms with Crippen molar-refractivity contribution in [3.8, 4) is 0 Å². The highest BCUT2D eigenvalue weighted by Gasteiger charge is 2.06. The number of halogens is 2. The second kappa shape index (κ2) is 5.97. The van der Waals surface area contributed by atoms with Gasteiger partial charge >= 0.3 is 0 Å². The highest BCUT2D eigenvalue weighted by Crippen LogP contribution is 2.17. The molecule has 2 aromatic rings. The molecule has 0 aliphatic heterocycles. The molecule has 0 fully saturated rings. The number of carbonyl (C=O) groups excluding carboxylic acids is 1. The SMILES string of the molecule is Cc1ccc(C(=O)NCc2ccc(F)cc2)cc1Br. The molecule has 1 amide bonds. The van der Waals surface area contributed by atoms with Crippen LogP contribution in [0.25, 0.3) is 0 Å². The average molecular weight is 322 g/mol. The number of nitrogens with one attached hydrogen (secondary N) is 1. The second-order valence-corrected chi connectivity index (χ2v) is 5.13. The summed E-state index contributed by atoms with van der Waals surface area (Å²) >= 11 is 3.40. The zero-order chi connectivity index (χ0) is 13.8. The lowest BCUT2D eigenvalue weighted by Gasteiger charge is -2.07. The van der Waals surface area contributed by atoms with Gasteiger partial charge in [0.25, 0.3) is 5.91 Å². The van der Waals surface area contributed by atoms with E-state index in [2.05, 4.69) is 21.2 Å². The second-order valence-electron chi connectivity index (χ2n) is 4.27. The van der Waals surface area contributed by atoms with Gasteiger partial charge in [-0.25, -0.2) is 4.39 Å². The molecule has 0 heterocycles. The van der Waals surface area contributed by atoms with Crippen LogP contribution in [0.5, 0.6) is 0 Å². The van der Waals surface area contributed by atoms with Crippen LogP contribution in [0, 0.1) is 12.7 Å². The molecule has 0 unspecified atom stereocenters. The minimum Gasteiger partial charge on any atom is -0.348 e. The molecule has 0 spiro atoms. The van der Waals surface area contributed by atoms with E-state index in [4.69, 9.17) is 0 Å². The molecule has 0 saturated heterocycles. The van der Waals surface area contributed by atoms with Crippen LogP contribution in [-0.2, 0) is 6.54 Å². The number of hydrogen-bond donors (Lipinski definition) is 1. The summed E-state index contributed by atoms with van der Waals surface area (Å²) in [6, 6.07) is 11.5. The fourth-order valence-corrected chi connectivity index (χ4v) is 2.00. The van der Waals surface area contributed by atoms with E-state index in [1.807, 2.05) is 13.0 Å². The zero-order valence-corrected chi connectivity index (χ0v) is 12.0. The van der Waals surface area contributed by atoms with Crippen molar-refractivity contribution in [3.63, 3.8) is 0 Å². The number of carbonyl (C=O) groups is 1. The molecule has 98 valence electrons. The molecule has 19 heavy (non-hydrogen) atoms. The molecular weight excluding hydrogens is 309 g/mol. The van der Waals surface area contributed by atoms with Crippen LogP contribution < -0.4 is 5.32 Å². The van der Waals surface area contributed by atoms with Gasteiger partial charge in [-0.1, -0.05) is 34.1 Å². The Labute approximate surface area is 119 Å². The molecular formula is C15H13BrFNO. The van der Waals surface area contributed by atoms with Gasteiger partial charge in [0.1, 0.15) is 5.82 Å². The summed E-state index contributed by atoms with van der Waals surface area (Å²) in [6.45, 7) is 2.34. The van der Waals surface area contributed by atoms with Crippen molar-refractivity contribution in [2.75, 3.05) is 0 Å². The Bertz CT molecular complexity index is 596. The first-order valence-electron chi connectivity index (χ1n) is 5.85. The van der Waals surface area contributed by atoms with E-state index in [0.717, 1.165) is 15.6 Å². The Hall–Kier alpha value is -1.68. The van der Waals surface area contributed by atoms with Crippen LogP contribution in [0.4, 0.5) is 4.39 Å². The Balaban J connectivity index is 2.01. The molecule has 2 aromatic carbocycles. The predicted octanol–water partition coefficient (Wildman–Crippen LogP) is 3.83. The van der Waals surface area contributed by atoms with E-state index in [1.54, 1.807) is 24.3 Å². The first-order valence-corrected chi connectivity index (χ1v) is 6.64. The van der Waals surface area contributed by atoms with E-state index in [1.165, 1.54) is 12.1 Å². The minimum absolute atomic E-state index is 0.148. The largest absolute Gasteiger partial charge is 0.348 e. The maximum Gasteiger partial charge on any atom is 0.251 e. The summed E-state index contributed by atoms with van der Waals surface area (Å²) in [7, 11) is 0. The highest BCUT2D eigenvalue weighted by molar-refractivity contribution is 9.10. The summed E-state index contributed by atoms with van der Waals surface area (Å²) < 4.78 is 13.6. The Morgan fingerprint density at radius 1 is 1.21 bits per heavy atom. The van der Waals surface area contributed by atoms with Crippen molar-refractivity contribution in [2.24, 2.45) is 0 Å². The van der Waals surface area contributed by atoms with E-state index in [9.17, 15) is 9.18 Å². The predicted molar refractivity (Wildman–Crippen MR) is 76.4 cm³/mol. The summed E-state index contributed by atoms with van der Waals surface area (Å²) in [6.07, 6.45) is 0. The molecule has 1 N–H and O–H groups in total. The molecule has 2 nitrogen and oxygen atoms in total. The van der Waals surface area contributed by atoms with Gasteiger partial charge in [0.2, 0.25) is 0 Å². The van der Waals surface area contributed by atoms with Crippen molar-refractivity contribution in [1.29, 1.82) is 0 Å². The first-order chi connectivity index (χ1) is 9.06. The summed E-state index contributed by atoms with van der Waals surface area (Å²) in [5.41, 5.74) is 2.54. The van der Waals surface area contributed by atoms with Gasteiger partial charge in [-0.05, 0) is 42.3 Å². The lowest BCUT2D eigenvalue weighted by atomic mass is 10.1. The topological polar surface area (TPSA) is 29.1 Å². The average Bonchev–Trinajstić information content (AvgIpc) is 2.41. The van der Waals surface area contributed by atoms with Crippen LogP contribution in [0.2, 0.25) is 0 Å². The molecule has 4 heteroatoms. The molecule has 0 aliphatic carbocycles. The van der Waals surface area contributed by atoms with Crippen molar-refractivity contribution in [1.82, 2.24) is 5.32 Å². The number of aryl methyl sites for hydroxylation is 1. The minimum atomic E-state index is -0.280. The van der Waals surface area contributed by atoms with Crippen molar-refractivity contribution >= 4 is 21.8 Å². The monoisotopic (exact) mass is 321 g/mol. The molecule has 2 rings (SSSR count). The van der Waals surface area contributed by atoms with Crippen molar-refractivity contribution in [2.45, 2.75) is 13.5 Å². The number of amides is 1. The Morgan fingerprint density at radius 2 is 1.89 bits per heavy atom. The van der Waals surface area contributed by atoms with Crippen molar-refractivity contribution < 1.29 is 9.18 Å². The quantitative estimate of drug-likeness (QED) is 0.914. The van der Waals surface area contributed by atoms with Gasteiger partial charge in [-0.3, -0.25) is 4.79 Å². The number of benzene rings is 2. The van der Waals surface area contributed by atoms with Crippen LogP contribution in [0.1, 0.15) is 21.5 Å². The van der Waals surface area contributed by atoms with E-state index >= 15 is 0 Å². The third-order valence-electron chi connectivity index (χ3n) is 2.80. The van der Waals surface area contributed by atoms with Gasteiger partial charge in [-0.15, -0.1) is 0 Å². The van der Waals surface area contributed by atoms with Gasteiger partial charge in [0, 0.05) is 16.6 Å². The molecule has 0 bridgehead atoms. The first kappa shape index (κ1) is 13.7. The smallest absolute Gasteiger partial charge is 0.251 e. The Morgan fingerprint density at radius 3 is 2.53 bits per heavy atom. The van der Waals surface area contributed by atoms with Crippen molar-refractivity contribution in [3.05, 3.63) is 69.4 Å². The lowest BCUT2D eigenvalue weighted by Crippen LogP contribution is -2.22. The lowest BCUT2D eigenvalue weighted by molar-refractivity contribution is 0.0951. The third kappa shape index (κ3) is 3.64. The molecule has 0 saturated carbocycles. The van der Waals surface area contributed by atoms with Gasteiger partial charge in [0.15, 0.2) is 0 Å². The standard InChI is InChI=1S/C15H13BrFNO/c1-10-2-5-12(8-14(10)16)15(19)18-9-11-3-6-13(17)7-4-11/h2-8H,9H2,1H3,(H,18,19). The summed E-state index contributed by atoms with van der Waals surface area (Å²) in [4.78, 5) is 11.9. The fourth-order valence-electron chi connectivity index (χ4n) is 1.62. The fraction of sp³-hybridized carbons (Fsp3) is 0.133. The van der Waals surface area contributed by atoms with Gasteiger partial charge < -0.3 is 5.32 Å². The molecule has 0 atom stereocenters. The zero-order valence-electron chi connectivity index (χ0n) is 10.4. The molecule has 0 radical (unpaired) electrons. The maximum atomic E-state index is 12.7. The Kier molecular flexibility index (Phi) is 4.32. The van der Waals surface area contributed by atoms with Gasteiger partial charge in [0.05, 0.1) is 0 Å². The normalized spacial score (nSPS) is 10.3. The van der Waals surface area contributed by atoms with Crippen LogP contribution in [-0.4, -0.2) is 5.91 Å². The highest BCUT2D eigenvalue weighted by atomic mass is 79.9. The number of hydrogen-bond acceptors (Lipinski definition) is 1. The summed E-state index contributed by atoms with van der Waals surface area (Å²) in [5.74, 6) is -0.428. The molecule has 0 aromatic heterocycles. The van der Waals surface area contributed by atoms with E-state index in [0.29, 0.717) is 12.1 Å². The van der Waals surface area contributed by atoms with E-state index < -0.39 is 0 Å². The van der Waals surface area contributed by atoms with Gasteiger partial charge in [-0.2, -0.15) is 0 Å². The number of rotatable bonds is 3. The molecule has 0 aliphatic rings.